The predicted molar refractivity (Wildman–Crippen MR) is 121 cm³/mol. The van der Waals surface area contributed by atoms with Crippen molar-refractivity contribution in [2.24, 2.45) is 0 Å². The number of ether oxygens (including phenoxy) is 2. The zero-order valence-electron chi connectivity index (χ0n) is 18.3. The lowest BCUT2D eigenvalue weighted by atomic mass is 10.1. The SMILES string of the molecule is CCCOc1ccc([C@@H](C)NC(=O)Cn2ncc(=O)c3ccccc32)cc1OCCC. The second-order valence-electron chi connectivity index (χ2n) is 7.38. The molecule has 0 spiro atoms. The fourth-order valence-electron chi connectivity index (χ4n) is 3.24. The smallest absolute Gasteiger partial charge is 0.242 e. The van der Waals surface area contributed by atoms with Gasteiger partial charge in [-0.15, -0.1) is 0 Å². The van der Waals surface area contributed by atoms with Crippen LogP contribution >= 0.6 is 0 Å². The molecule has 1 aromatic heterocycles. The van der Waals surface area contributed by atoms with Gasteiger partial charge in [-0.25, -0.2) is 0 Å². The molecule has 31 heavy (non-hydrogen) atoms. The molecule has 3 aromatic rings. The molecule has 3 rings (SSSR count). The van der Waals surface area contributed by atoms with Gasteiger partial charge in [0.05, 0.1) is 31.0 Å². The molecule has 1 N–H and O–H groups in total. The largest absolute Gasteiger partial charge is 0.490 e. The summed E-state index contributed by atoms with van der Waals surface area (Å²) in [5.74, 6) is 1.19. The highest BCUT2D eigenvalue weighted by molar-refractivity contribution is 5.81. The van der Waals surface area contributed by atoms with Crippen LogP contribution in [-0.4, -0.2) is 28.9 Å². The number of hydrogen-bond donors (Lipinski definition) is 1. The highest BCUT2D eigenvalue weighted by Gasteiger charge is 2.15. The normalized spacial score (nSPS) is 11.8. The van der Waals surface area contributed by atoms with Gasteiger partial charge in [0.1, 0.15) is 6.54 Å². The molecule has 164 valence electrons. The van der Waals surface area contributed by atoms with Crippen LogP contribution in [0.4, 0.5) is 0 Å². The zero-order chi connectivity index (χ0) is 22.2. The molecular formula is C24H29N3O4. The van der Waals surface area contributed by atoms with E-state index < -0.39 is 0 Å². The summed E-state index contributed by atoms with van der Waals surface area (Å²) in [6, 6.07) is 12.6. The fourth-order valence-corrected chi connectivity index (χ4v) is 3.24. The lowest BCUT2D eigenvalue weighted by Crippen LogP contribution is -2.31. The Morgan fingerprint density at radius 1 is 1.06 bits per heavy atom. The summed E-state index contributed by atoms with van der Waals surface area (Å²) in [6.07, 6.45) is 3.05. The zero-order valence-corrected chi connectivity index (χ0v) is 18.3. The monoisotopic (exact) mass is 423 g/mol. The minimum atomic E-state index is -0.234. The van der Waals surface area contributed by atoms with E-state index in [1.54, 1.807) is 18.2 Å². The standard InChI is InChI=1S/C24H29N3O4/c1-4-12-30-22-11-10-18(14-23(22)31-13-5-2)17(3)26-24(29)16-27-20-9-7-6-8-19(20)21(28)15-25-27/h6-11,14-15,17H,4-5,12-13,16H2,1-3H3,(H,26,29)/t17-/m1/s1. The summed E-state index contributed by atoms with van der Waals surface area (Å²) in [7, 11) is 0. The third-order valence-electron chi connectivity index (χ3n) is 4.82. The van der Waals surface area contributed by atoms with Gasteiger partial charge in [-0.1, -0.05) is 32.0 Å². The number of nitrogens with zero attached hydrogens (tertiary/aromatic N) is 2. The Bertz CT molecular complexity index is 1090. The molecule has 1 atom stereocenters. The molecule has 7 heteroatoms. The van der Waals surface area contributed by atoms with E-state index in [2.05, 4.69) is 17.3 Å². The van der Waals surface area contributed by atoms with Crippen LogP contribution in [0.1, 0.15) is 45.2 Å². The summed E-state index contributed by atoms with van der Waals surface area (Å²) < 4.78 is 13.2. The molecule has 7 nitrogen and oxygen atoms in total. The van der Waals surface area contributed by atoms with Crippen LogP contribution in [-0.2, 0) is 11.3 Å². The minimum Gasteiger partial charge on any atom is -0.490 e. The second-order valence-corrected chi connectivity index (χ2v) is 7.38. The fraction of sp³-hybridized carbons (Fsp3) is 0.375. The highest BCUT2D eigenvalue weighted by Crippen LogP contribution is 2.31. The van der Waals surface area contributed by atoms with E-state index >= 15 is 0 Å². The van der Waals surface area contributed by atoms with Crippen molar-refractivity contribution < 1.29 is 14.3 Å². The number of carbonyl (C=O) groups is 1. The molecule has 1 heterocycles. The molecule has 0 aliphatic heterocycles. The van der Waals surface area contributed by atoms with E-state index in [4.69, 9.17) is 9.47 Å². The maximum absolute atomic E-state index is 12.7. The number of para-hydroxylation sites is 1. The van der Waals surface area contributed by atoms with E-state index in [9.17, 15) is 9.59 Å². The van der Waals surface area contributed by atoms with Gasteiger partial charge in [-0.05, 0) is 49.6 Å². The summed E-state index contributed by atoms with van der Waals surface area (Å²) in [5, 5.41) is 7.66. The Morgan fingerprint density at radius 3 is 2.52 bits per heavy atom. The quantitative estimate of drug-likeness (QED) is 0.536. The van der Waals surface area contributed by atoms with Crippen LogP contribution in [0.15, 0.2) is 53.5 Å². The van der Waals surface area contributed by atoms with Gasteiger partial charge in [0.15, 0.2) is 11.5 Å². The van der Waals surface area contributed by atoms with E-state index in [0.29, 0.717) is 35.6 Å². The van der Waals surface area contributed by atoms with Crippen molar-refractivity contribution in [1.82, 2.24) is 15.1 Å². The molecule has 0 aliphatic carbocycles. The lowest BCUT2D eigenvalue weighted by molar-refractivity contribution is -0.122. The Morgan fingerprint density at radius 2 is 1.77 bits per heavy atom. The van der Waals surface area contributed by atoms with E-state index in [-0.39, 0.29) is 23.9 Å². The first-order valence-electron chi connectivity index (χ1n) is 10.7. The van der Waals surface area contributed by atoms with Crippen LogP contribution in [0.2, 0.25) is 0 Å². The third-order valence-corrected chi connectivity index (χ3v) is 4.82. The van der Waals surface area contributed by atoms with Gasteiger partial charge in [-0.2, -0.15) is 5.10 Å². The number of aromatic nitrogens is 2. The van der Waals surface area contributed by atoms with Gasteiger partial charge >= 0.3 is 0 Å². The molecule has 2 aromatic carbocycles. The van der Waals surface area contributed by atoms with Crippen molar-refractivity contribution >= 4 is 16.8 Å². The molecule has 0 unspecified atom stereocenters. The first-order chi connectivity index (χ1) is 15.0. The molecule has 0 saturated carbocycles. The Labute approximate surface area is 182 Å². The highest BCUT2D eigenvalue weighted by atomic mass is 16.5. The van der Waals surface area contributed by atoms with E-state index in [0.717, 1.165) is 18.4 Å². The summed E-state index contributed by atoms with van der Waals surface area (Å²) in [5.41, 5.74) is 1.39. The van der Waals surface area contributed by atoms with Crippen LogP contribution in [0.5, 0.6) is 11.5 Å². The summed E-state index contributed by atoms with van der Waals surface area (Å²) >= 11 is 0. The second kappa shape index (κ2) is 10.6. The van der Waals surface area contributed by atoms with E-state index in [1.807, 2.05) is 38.1 Å². The van der Waals surface area contributed by atoms with Crippen LogP contribution in [0.25, 0.3) is 10.9 Å². The average molecular weight is 424 g/mol. The van der Waals surface area contributed by atoms with Crippen molar-refractivity contribution in [2.45, 2.75) is 46.2 Å². The Balaban J connectivity index is 1.73. The van der Waals surface area contributed by atoms with Crippen LogP contribution < -0.4 is 20.2 Å². The van der Waals surface area contributed by atoms with E-state index in [1.165, 1.54) is 10.9 Å². The maximum atomic E-state index is 12.7. The number of fused-ring (bicyclic) bond motifs is 1. The number of carbonyl (C=O) groups excluding carboxylic acids is 1. The topological polar surface area (TPSA) is 82.5 Å². The number of hydrogen-bond acceptors (Lipinski definition) is 5. The first kappa shape index (κ1) is 22.3. The average Bonchev–Trinajstić information content (AvgIpc) is 2.78. The van der Waals surface area contributed by atoms with Crippen molar-refractivity contribution in [3.8, 4) is 11.5 Å². The molecule has 0 bridgehead atoms. The van der Waals surface area contributed by atoms with Gasteiger partial charge in [0.2, 0.25) is 11.3 Å². The van der Waals surface area contributed by atoms with Gasteiger partial charge in [0.25, 0.3) is 0 Å². The Kier molecular flexibility index (Phi) is 7.65. The number of amides is 1. The van der Waals surface area contributed by atoms with Gasteiger partial charge in [-0.3, -0.25) is 14.3 Å². The third kappa shape index (κ3) is 5.63. The Hall–Kier alpha value is -3.35. The summed E-state index contributed by atoms with van der Waals surface area (Å²) in [4.78, 5) is 24.7. The van der Waals surface area contributed by atoms with Crippen molar-refractivity contribution in [3.63, 3.8) is 0 Å². The molecule has 0 saturated heterocycles. The molecule has 0 aliphatic rings. The molecule has 1 amide bonds. The van der Waals surface area contributed by atoms with Crippen molar-refractivity contribution in [3.05, 3.63) is 64.4 Å². The number of rotatable bonds is 10. The van der Waals surface area contributed by atoms with Crippen LogP contribution in [0, 0.1) is 0 Å². The van der Waals surface area contributed by atoms with Crippen molar-refractivity contribution in [1.29, 1.82) is 0 Å². The van der Waals surface area contributed by atoms with Gasteiger partial charge in [0, 0.05) is 5.39 Å². The maximum Gasteiger partial charge on any atom is 0.242 e. The van der Waals surface area contributed by atoms with Gasteiger partial charge < -0.3 is 14.8 Å². The predicted octanol–water partition coefficient (Wildman–Crippen LogP) is 3.85. The molecule has 0 fully saturated rings. The molecular weight excluding hydrogens is 394 g/mol. The van der Waals surface area contributed by atoms with Crippen LogP contribution in [0.3, 0.4) is 0 Å². The number of benzene rings is 2. The summed E-state index contributed by atoms with van der Waals surface area (Å²) in [6.45, 7) is 7.25. The minimum absolute atomic E-state index is 0.0159. The first-order valence-corrected chi connectivity index (χ1v) is 10.7. The lowest BCUT2D eigenvalue weighted by Gasteiger charge is -2.18. The molecule has 0 radical (unpaired) electrons. The van der Waals surface area contributed by atoms with Crippen molar-refractivity contribution in [2.75, 3.05) is 13.2 Å². The number of nitrogens with one attached hydrogen (secondary N) is 1.